The molecule has 88 valence electrons. The van der Waals surface area contributed by atoms with Crippen LogP contribution >= 0.6 is 23.2 Å². The third kappa shape index (κ3) is 3.32. The van der Waals surface area contributed by atoms with E-state index in [2.05, 4.69) is 4.98 Å². The average molecular weight is 272 g/mol. The van der Waals surface area contributed by atoms with E-state index in [1.54, 1.807) is 18.3 Å². The van der Waals surface area contributed by atoms with Crippen molar-refractivity contribution in [3.05, 3.63) is 58.1 Å². The molecule has 0 aliphatic rings. The Morgan fingerprint density at radius 3 is 2.71 bits per heavy atom. The molecule has 0 N–H and O–H groups in total. The van der Waals surface area contributed by atoms with E-state index in [4.69, 9.17) is 27.9 Å². The predicted molar refractivity (Wildman–Crippen MR) is 65.0 cm³/mol. The molecular formula is C12H8Cl2FNO. The lowest BCUT2D eigenvalue weighted by Crippen LogP contribution is -1.98. The lowest BCUT2D eigenvalue weighted by atomic mass is 10.3. The molecule has 1 heterocycles. The van der Waals surface area contributed by atoms with Gasteiger partial charge in [-0.15, -0.1) is 0 Å². The van der Waals surface area contributed by atoms with Gasteiger partial charge in [0, 0.05) is 11.2 Å². The highest BCUT2D eigenvalue weighted by Gasteiger charge is 2.04. The fraction of sp³-hybridized carbons (Fsp3) is 0.0833. The molecule has 0 unspecified atom stereocenters. The van der Waals surface area contributed by atoms with Crippen LogP contribution in [0.3, 0.4) is 0 Å². The fourth-order valence-corrected chi connectivity index (χ4v) is 1.68. The Labute approximate surface area is 108 Å². The summed E-state index contributed by atoms with van der Waals surface area (Å²) in [4.78, 5) is 4.08. The molecule has 5 heteroatoms. The minimum Gasteiger partial charge on any atom is -0.486 e. The molecule has 0 spiro atoms. The molecule has 0 saturated carbocycles. The van der Waals surface area contributed by atoms with Crippen molar-refractivity contribution in [3.8, 4) is 5.75 Å². The van der Waals surface area contributed by atoms with Crippen molar-refractivity contribution in [2.24, 2.45) is 0 Å². The number of nitrogens with zero attached hydrogens (tertiary/aromatic N) is 1. The largest absolute Gasteiger partial charge is 0.486 e. The van der Waals surface area contributed by atoms with E-state index >= 15 is 0 Å². The number of ether oxygens (including phenoxy) is 1. The first-order valence-corrected chi connectivity index (χ1v) is 5.59. The zero-order chi connectivity index (χ0) is 12.3. The Morgan fingerprint density at radius 2 is 2.00 bits per heavy atom. The lowest BCUT2D eigenvalue weighted by Gasteiger charge is -2.07. The van der Waals surface area contributed by atoms with Crippen molar-refractivity contribution in [1.82, 2.24) is 4.98 Å². The molecular weight excluding hydrogens is 264 g/mol. The summed E-state index contributed by atoms with van der Waals surface area (Å²) in [7, 11) is 0. The fourth-order valence-electron chi connectivity index (χ4n) is 1.27. The molecule has 0 fully saturated rings. The van der Waals surface area contributed by atoms with Gasteiger partial charge in [-0.2, -0.15) is 0 Å². The van der Waals surface area contributed by atoms with Gasteiger partial charge in [0.25, 0.3) is 0 Å². The molecule has 0 bridgehead atoms. The predicted octanol–water partition coefficient (Wildman–Crippen LogP) is 4.11. The van der Waals surface area contributed by atoms with Crippen molar-refractivity contribution >= 4 is 23.2 Å². The maximum absolute atomic E-state index is 12.8. The number of hydrogen-bond acceptors (Lipinski definition) is 2. The lowest BCUT2D eigenvalue weighted by molar-refractivity contribution is 0.301. The topological polar surface area (TPSA) is 22.1 Å². The maximum Gasteiger partial charge on any atom is 0.138 e. The van der Waals surface area contributed by atoms with Crippen LogP contribution in [0.25, 0.3) is 0 Å². The number of rotatable bonds is 3. The van der Waals surface area contributed by atoms with E-state index < -0.39 is 5.82 Å². The Balaban J connectivity index is 2.07. The second-order valence-corrected chi connectivity index (χ2v) is 4.17. The number of aromatic nitrogens is 1. The summed E-state index contributed by atoms with van der Waals surface area (Å²) in [6.07, 6.45) is 1.59. The standard InChI is InChI=1S/C12H8Cl2FNO/c13-8-3-4-16-10(5-8)7-17-12-2-1-9(15)6-11(12)14/h1-6H,7H2. The van der Waals surface area contributed by atoms with Gasteiger partial charge in [-0.05, 0) is 30.3 Å². The second-order valence-electron chi connectivity index (χ2n) is 3.33. The van der Waals surface area contributed by atoms with Crippen LogP contribution in [0.1, 0.15) is 5.69 Å². The summed E-state index contributed by atoms with van der Waals surface area (Å²) >= 11 is 11.6. The van der Waals surface area contributed by atoms with E-state index in [1.807, 2.05) is 0 Å². The SMILES string of the molecule is Fc1ccc(OCc2cc(Cl)ccn2)c(Cl)c1. The molecule has 17 heavy (non-hydrogen) atoms. The minimum absolute atomic E-state index is 0.228. The van der Waals surface area contributed by atoms with Crippen molar-refractivity contribution in [2.75, 3.05) is 0 Å². The van der Waals surface area contributed by atoms with Crippen molar-refractivity contribution < 1.29 is 9.13 Å². The van der Waals surface area contributed by atoms with Gasteiger partial charge in [-0.1, -0.05) is 23.2 Å². The van der Waals surface area contributed by atoms with Gasteiger partial charge < -0.3 is 4.74 Å². The van der Waals surface area contributed by atoms with E-state index in [1.165, 1.54) is 18.2 Å². The molecule has 2 aromatic rings. The number of hydrogen-bond donors (Lipinski definition) is 0. The zero-order valence-corrected chi connectivity index (χ0v) is 10.2. The Bertz CT molecular complexity index is 534. The summed E-state index contributed by atoms with van der Waals surface area (Å²) in [6.45, 7) is 0.228. The van der Waals surface area contributed by atoms with E-state index in [-0.39, 0.29) is 11.6 Å². The molecule has 0 aliphatic heterocycles. The summed E-state index contributed by atoms with van der Waals surface area (Å²) in [6, 6.07) is 7.33. The molecule has 0 saturated heterocycles. The minimum atomic E-state index is -0.400. The van der Waals surface area contributed by atoms with Crippen LogP contribution in [-0.2, 0) is 6.61 Å². The first kappa shape index (κ1) is 12.1. The van der Waals surface area contributed by atoms with Crippen molar-refractivity contribution in [3.63, 3.8) is 0 Å². The number of benzene rings is 1. The molecule has 1 aromatic carbocycles. The van der Waals surface area contributed by atoms with Crippen LogP contribution in [0.5, 0.6) is 5.75 Å². The van der Waals surface area contributed by atoms with Crippen LogP contribution in [0, 0.1) is 5.82 Å². The molecule has 0 radical (unpaired) electrons. The number of pyridine rings is 1. The molecule has 2 rings (SSSR count). The zero-order valence-electron chi connectivity index (χ0n) is 8.66. The van der Waals surface area contributed by atoms with Gasteiger partial charge in [0.15, 0.2) is 0 Å². The van der Waals surface area contributed by atoms with E-state index in [0.717, 1.165) is 0 Å². The van der Waals surface area contributed by atoms with E-state index in [9.17, 15) is 4.39 Å². The highest BCUT2D eigenvalue weighted by molar-refractivity contribution is 6.32. The van der Waals surface area contributed by atoms with Gasteiger partial charge in [-0.3, -0.25) is 4.98 Å². The van der Waals surface area contributed by atoms with Gasteiger partial charge in [0.1, 0.15) is 18.2 Å². The van der Waals surface area contributed by atoms with Crippen LogP contribution < -0.4 is 4.74 Å². The second kappa shape index (κ2) is 5.34. The van der Waals surface area contributed by atoms with Crippen molar-refractivity contribution in [1.29, 1.82) is 0 Å². The Kier molecular flexibility index (Phi) is 3.82. The summed E-state index contributed by atoms with van der Waals surface area (Å²) in [5, 5.41) is 0.816. The first-order valence-electron chi connectivity index (χ1n) is 4.83. The van der Waals surface area contributed by atoms with Gasteiger partial charge in [0.05, 0.1) is 10.7 Å². The Hall–Kier alpha value is -1.32. The molecule has 2 nitrogen and oxygen atoms in total. The van der Waals surface area contributed by atoms with Crippen LogP contribution in [0.2, 0.25) is 10.0 Å². The quantitative estimate of drug-likeness (QED) is 0.838. The van der Waals surface area contributed by atoms with E-state index in [0.29, 0.717) is 16.5 Å². The van der Waals surface area contributed by atoms with Gasteiger partial charge in [-0.25, -0.2) is 4.39 Å². The van der Waals surface area contributed by atoms with Gasteiger partial charge >= 0.3 is 0 Å². The third-order valence-corrected chi connectivity index (χ3v) is 2.58. The molecule has 0 aliphatic carbocycles. The van der Waals surface area contributed by atoms with Gasteiger partial charge in [0.2, 0.25) is 0 Å². The third-order valence-electron chi connectivity index (χ3n) is 2.05. The normalized spacial score (nSPS) is 10.3. The molecule has 1 aromatic heterocycles. The smallest absolute Gasteiger partial charge is 0.138 e. The Morgan fingerprint density at radius 1 is 1.18 bits per heavy atom. The summed E-state index contributed by atoms with van der Waals surface area (Å²) in [5.41, 5.74) is 0.679. The first-order chi connectivity index (χ1) is 8.15. The van der Waals surface area contributed by atoms with Crippen LogP contribution in [-0.4, -0.2) is 4.98 Å². The summed E-state index contributed by atoms with van der Waals surface area (Å²) in [5.74, 6) is 0.0121. The molecule has 0 atom stereocenters. The molecule has 0 amide bonds. The van der Waals surface area contributed by atoms with Crippen molar-refractivity contribution in [2.45, 2.75) is 6.61 Å². The average Bonchev–Trinajstić information content (AvgIpc) is 2.28. The monoisotopic (exact) mass is 271 g/mol. The summed E-state index contributed by atoms with van der Waals surface area (Å²) < 4.78 is 18.2. The number of halogens is 3. The van der Waals surface area contributed by atoms with Crippen LogP contribution in [0.15, 0.2) is 36.5 Å². The maximum atomic E-state index is 12.8. The highest BCUT2D eigenvalue weighted by Crippen LogP contribution is 2.25. The highest BCUT2D eigenvalue weighted by atomic mass is 35.5. The van der Waals surface area contributed by atoms with Crippen LogP contribution in [0.4, 0.5) is 4.39 Å².